The van der Waals surface area contributed by atoms with E-state index in [4.69, 9.17) is 10.3 Å². The Hall–Kier alpha value is -2.00. The van der Waals surface area contributed by atoms with Gasteiger partial charge in [-0.2, -0.15) is 0 Å². The van der Waals surface area contributed by atoms with E-state index in [0.29, 0.717) is 15.9 Å². The number of hydrogen-bond donors (Lipinski definition) is 2. The molecule has 0 aromatic carbocycles. The molecule has 0 spiro atoms. The van der Waals surface area contributed by atoms with Crippen LogP contribution in [-0.4, -0.2) is 15.1 Å². The van der Waals surface area contributed by atoms with Gasteiger partial charge in [-0.1, -0.05) is 11.3 Å². The molecule has 0 atom stereocenters. The van der Waals surface area contributed by atoms with Crippen LogP contribution in [0, 0.1) is 10.1 Å². The zero-order valence-corrected chi connectivity index (χ0v) is 8.02. The van der Waals surface area contributed by atoms with E-state index in [-0.39, 0.29) is 5.88 Å². The molecule has 0 fully saturated rings. The maximum absolute atomic E-state index is 10.4. The molecular formula is C6H5N5O3S. The number of nitrogens with two attached hydrogens (primary N) is 1. The smallest absolute Gasteiger partial charge is 0.398 e. The first-order valence-corrected chi connectivity index (χ1v) is 4.57. The van der Waals surface area contributed by atoms with Crippen molar-refractivity contribution in [2.24, 2.45) is 5.84 Å². The number of nitrogens with one attached hydrogen (secondary N) is 1. The molecule has 3 N–H and O–H groups in total. The summed E-state index contributed by atoms with van der Waals surface area (Å²) in [5.74, 6) is 5.08. The molecule has 0 saturated carbocycles. The molecule has 8 nitrogen and oxygen atoms in total. The number of nitrogens with zero attached hydrogens (tertiary/aromatic N) is 3. The fraction of sp³-hybridized carbons (Fsp3) is 0. The van der Waals surface area contributed by atoms with Gasteiger partial charge in [0.1, 0.15) is 4.92 Å². The molecule has 2 rings (SSSR count). The first-order valence-electron chi connectivity index (χ1n) is 3.75. The number of anilines is 1. The molecule has 2 aromatic heterocycles. The molecule has 2 aromatic rings. The molecule has 0 aliphatic carbocycles. The van der Waals surface area contributed by atoms with Crippen LogP contribution in [0.5, 0.6) is 0 Å². The largest absolute Gasteiger partial charge is 0.433 e. The summed E-state index contributed by atoms with van der Waals surface area (Å²) in [6.07, 6.45) is 0. The predicted molar refractivity (Wildman–Crippen MR) is 52.1 cm³/mol. The van der Waals surface area contributed by atoms with Gasteiger partial charge >= 0.3 is 5.88 Å². The summed E-state index contributed by atoms with van der Waals surface area (Å²) in [7, 11) is 0. The summed E-state index contributed by atoms with van der Waals surface area (Å²) in [5, 5.41) is 18.6. The lowest BCUT2D eigenvalue weighted by Gasteiger charge is -1.86. The van der Waals surface area contributed by atoms with E-state index < -0.39 is 4.92 Å². The van der Waals surface area contributed by atoms with Crippen LogP contribution < -0.4 is 11.3 Å². The summed E-state index contributed by atoms with van der Waals surface area (Å²) >= 11 is 1.14. The molecule has 0 radical (unpaired) electrons. The number of rotatable bonds is 3. The Morgan fingerprint density at radius 3 is 2.87 bits per heavy atom. The molecule has 0 saturated heterocycles. The first kappa shape index (κ1) is 9.55. The zero-order chi connectivity index (χ0) is 10.8. The SMILES string of the molecule is NNc1nnc(-c2ccc([N+](=O)[O-])o2)s1. The third kappa shape index (κ3) is 1.78. The molecule has 0 aliphatic heterocycles. The average Bonchev–Trinajstić information content (AvgIpc) is 2.86. The number of aromatic nitrogens is 2. The van der Waals surface area contributed by atoms with Gasteiger partial charge in [0.15, 0.2) is 10.8 Å². The molecule has 9 heteroatoms. The van der Waals surface area contributed by atoms with Gasteiger partial charge < -0.3 is 4.42 Å². The van der Waals surface area contributed by atoms with E-state index in [1.165, 1.54) is 12.1 Å². The fourth-order valence-corrected chi connectivity index (χ4v) is 1.54. The minimum Gasteiger partial charge on any atom is -0.398 e. The van der Waals surface area contributed by atoms with Crippen molar-refractivity contribution in [3.8, 4) is 10.8 Å². The quantitative estimate of drug-likeness (QED) is 0.455. The lowest BCUT2D eigenvalue weighted by atomic mass is 10.5. The predicted octanol–water partition coefficient (Wildman–Crippen LogP) is 0.992. The van der Waals surface area contributed by atoms with Crippen molar-refractivity contribution in [1.82, 2.24) is 10.2 Å². The zero-order valence-electron chi connectivity index (χ0n) is 7.21. The van der Waals surface area contributed by atoms with Crippen LogP contribution in [0.3, 0.4) is 0 Å². The first-order chi connectivity index (χ1) is 7.20. The third-order valence-corrected chi connectivity index (χ3v) is 2.40. The van der Waals surface area contributed by atoms with E-state index in [1.807, 2.05) is 0 Å². The maximum atomic E-state index is 10.4. The van der Waals surface area contributed by atoms with Crippen molar-refractivity contribution in [1.29, 1.82) is 0 Å². The highest BCUT2D eigenvalue weighted by molar-refractivity contribution is 7.18. The van der Waals surface area contributed by atoms with Crippen molar-refractivity contribution in [3.05, 3.63) is 22.2 Å². The van der Waals surface area contributed by atoms with E-state index in [9.17, 15) is 10.1 Å². The summed E-state index contributed by atoms with van der Waals surface area (Å²) in [6, 6.07) is 2.71. The lowest BCUT2D eigenvalue weighted by Crippen LogP contribution is -2.05. The number of furan rings is 1. The Bertz CT molecular complexity index is 492. The van der Waals surface area contributed by atoms with Crippen molar-refractivity contribution in [3.63, 3.8) is 0 Å². The minimum atomic E-state index is -0.618. The van der Waals surface area contributed by atoms with Crippen LogP contribution in [0.4, 0.5) is 11.0 Å². The second kappa shape index (κ2) is 3.63. The van der Waals surface area contributed by atoms with Crippen LogP contribution >= 0.6 is 11.3 Å². The number of hydrogen-bond acceptors (Lipinski definition) is 8. The summed E-state index contributed by atoms with van der Waals surface area (Å²) in [4.78, 5) is 9.74. The second-order valence-electron chi connectivity index (χ2n) is 2.45. The fourth-order valence-electron chi connectivity index (χ4n) is 0.922. The van der Waals surface area contributed by atoms with E-state index >= 15 is 0 Å². The lowest BCUT2D eigenvalue weighted by molar-refractivity contribution is -0.401. The van der Waals surface area contributed by atoms with Crippen LogP contribution in [0.2, 0.25) is 0 Å². The van der Waals surface area contributed by atoms with Gasteiger partial charge in [-0.3, -0.25) is 15.5 Å². The topological polar surface area (TPSA) is 120 Å². The molecule has 0 aliphatic rings. The number of nitro groups is 1. The molecule has 15 heavy (non-hydrogen) atoms. The number of hydrazine groups is 1. The van der Waals surface area contributed by atoms with E-state index in [1.54, 1.807) is 0 Å². The monoisotopic (exact) mass is 227 g/mol. The highest BCUT2D eigenvalue weighted by atomic mass is 32.1. The minimum absolute atomic E-state index is 0.292. The Balaban J connectivity index is 2.32. The van der Waals surface area contributed by atoms with Gasteiger partial charge in [0.2, 0.25) is 5.13 Å². The van der Waals surface area contributed by atoms with Crippen molar-refractivity contribution >= 4 is 22.4 Å². The maximum Gasteiger partial charge on any atom is 0.433 e. The van der Waals surface area contributed by atoms with Crippen molar-refractivity contribution < 1.29 is 9.34 Å². The Kier molecular flexibility index (Phi) is 2.31. The summed E-state index contributed by atoms with van der Waals surface area (Å²) < 4.78 is 4.93. The molecule has 0 amide bonds. The third-order valence-electron chi connectivity index (χ3n) is 1.53. The molecular weight excluding hydrogens is 222 g/mol. The van der Waals surface area contributed by atoms with Crippen LogP contribution in [0.15, 0.2) is 16.5 Å². The molecule has 78 valence electrons. The van der Waals surface area contributed by atoms with Gasteiger partial charge in [0.25, 0.3) is 0 Å². The molecule has 0 bridgehead atoms. The van der Waals surface area contributed by atoms with Crippen LogP contribution in [-0.2, 0) is 0 Å². The average molecular weight is 227 g/mol. The highest BCUT2D eigenvalue weighted by Crippen LogP contribution is 2.29. The standard InChI is InChI=1S/C6H5N5O3S/c7-8-6-10-9-5(15-6)3-1-2-4(14-3)11(12)13/h1-2H,7H2,(H,8,10). The Morgan fingerprint density at radius 1 is 1.53 bits per heavy atom. The van der Waals surface area contributed by atoms with E-state index in [2.05, 4.69) is 15.6 Å². The molecule has 0 unspecified atom stereocenters. The normalized spacial score (nSPS) is 10.2. The highest BCUT2D eigenvalue weighted by Gasteiger charge is 2.15. The van der Waals surface area contributed by atoms with Gasteiger partial charge in [-0.15, -0.1) is 10.2 Å². The van der Waals surface area contributed by atoms with Crippen molar-refractivity contribution in [2.45, 2.75) is 0 Å². The Labute approximate surface area is 86.8 Å². The summed E-state index contributed by atoms with van der Waals surface area (Å²) in [6.45, 7) is 0. The van der Waals surface area contributed by atoms with Crippen LogP contribution in [0.25, 0.3) is 10.8 Å². The van der Waals surface area contributed by atoms with Gasteiger partial charge in [0.05, 0.1) is 6.07 Å². The number of nitrogen functional groups attached to an aromatic ring is 1. The molecule has 2 heterocycles. The van der Waals surface area contributed by atoms with Gasteiger partial charge in [-0.05, 0) is 6.07 Å². The second-order valence-corrected chi connectivity index (χ2v) is 3.43. The summed E-state index contributed by atoms with van der Waals surface area (Å²) in [5.41, 5.74) is 2.32. The van der Waals surface area contributed by atoms with E-state index in [0.717, 1.165) is 11.3 Å². The Morgan fingerprint density at radius 2 is 2.33 bits per heavy atom. The van der Waals surface area contributed by atoms with Gasteiger partial charge in [0, 0.05) is 0 Å². The van der Waals surface area contributed by atoms with Crippen LogP contribution in [0.1, 0.15) is 0 Å². The van der Waals surface area contributed by atoms with Crippen molar-refractivity contribution in [2.75, 3.05) is 5.43 Å². The van der Waals surface area contributed by atoms with Gasteiger partial charge in [-0.25, -0.2) is 5.84 Å².